The topological polar surface area (TPSA) is 87.7 Å². The predicted octanol–water partition coefficient (Wildman–Crippen LogP) is 6.04. The van der Waals surface area contributed by atoms with E-state index in [1.165, 1.54) is 0 Å². The normalized spacial score (nSPS) is 22.0. The molecule has 2 heterocycles. The predicted molar refractivity (Wildman–Crippen MR) is 143 cm³/mol. The summed E-state index contributed by atoms with van der Waals surface area (Å²) >= 11 is 0. The summed E-state index contributed by atoms with van der Waals surface area (Å²) in [6.07, 6.45) is 0.221. The zero-order valence-corrected chi connectivity index (χ0v) is 22.0. The smallest absolute Gasteiger partial charge is 0.261 e. The number of anilines is 2. The van der Waals surface area contributed by atoms with E-state index < -0.39 is 16.1 Å². The second-order valence-electron chi connectivity index (χ2n) is 10.4. The molecule has 7 heteroatoms. The summed E-state index contributed by atoms with van der Waals surface area (Å²) in [5, 5.41) is 14.0. The highest BCUT2D eigenvalue weighted by Gasteiger charge is 2.42. The van der Waals surface area contributed by atoms with Crippen LogP contribution in [0.2, 0.25) is 0 Å². The molecule has 0 bridgehead atoms. The van der Waals surface area contributed by atoms with Gasteiger partial charge in [-0.2, -0.15) is 0 Å². The van der Waals surface area contributed by atoms with E-state index in [0.717, 1.165) is 39.9 Å². The Morgan fingerprint density at radius 2 is 1.75 bits per heavy atom. The Kier molecular flexibility index (Phi) is 6.57. The molecule has 0 amide bonds. The number of hydrogen-bond donors (Lipinski definition) is 3. The fraction of sp³-hybridized carbons (Fsp3) is 0.379. The van der Waals surface area contributed by atoms with Gasteiger partial charge in [0, 0.05) is 29.5 Å². The van der Waals surface area contributed by atoms with Crippen LogP contribution in [0.5, 0.6) is 0 Å². The maximum Gasteiger partial charge on any atom is 0.261 e. The quantitative estimate of drug-likeness (QED) is 0.379. The molecule has 0 radical (unpaired) electrons. The Morgan fingerprint density at radius 1 is 1.00 bits per heavy atom. The van der Waals surface area contributed by atoms with Crippen LogP contribution in [-0.2, 0) is 14.8 Å². The first-order chi connectivity index (χ1) is 17.1. The first-order valence-electron chi connectivity index (χ1n) is 12.5. The lowest BCUT2D eigenvalue weighted by Crippen LogP contribution is -2.29. The van der Waals surface area contributed by atoms with Gasteiger partial charge >= 0.3 is 0 Å². The van der Waals surface area contributed by atoms with E-state index in [4.69, 9.17) is 4.74 Å². The average molecular weight is 507 g/mol. The van der Waals surface area contributed by atoms with Crippen molar-refractivity contribution in [2.75, 3.05) is 16.6 Å². The second-order valence-corrected chi connectivity index (χ2v) is 12.1. The van der Waals surface area contributed by atoms with Gasteiger partial charge in [-0.05, 0) is 78.8 Å². The third-order valence-electron chi connectivity index (χ3n) is 7.54. The van der Waals surface area contributed by atoms with Gasteiger partial charge in [0.15, 0.2) is 0 Å². The molecule has 2 aliphatic rings. The standard InChI is InChI=1S/C29H34N2O4S/c1-17(2)28(32)21-8-6-20(7-9-21)27-24-13-14-35-29(24)25-16-23(11-12-26(25)30-27)36(33,34)31-22-10-5-18(3)19(4)15-22/h5-12,15-17,24,27-32H,13-14H2,1-4H3/t24-,27?,28?,29-/m0/s1. The lowest BCUT2D eigenvalue weighted by atomic mass is 9.80. The number of nitrogens with one attached hydrogen (secondary N) is 2. The largest absolute Gasteiger partial charge is 0.388 e. The molecule has 3 N–H and O–H groups in total. The average Bonchev–Trinajstić information content (AvgIpc) is 3.35. The van der Waals surface area contributed by atoms with Crippen LogP contribution < -0.4 is 10.0 Å². The molecular formula is C29H34N2O4S. The van der Waals surface area contributed by atoms with Crippen LogP contribution in [0, 0.1) is 25.7 Å². The summed E-state index contributed by atoms with van der Waals surface area (Å²) < 4.78 is 35.3. The van der Waals surface area contributed by atoms with E-state index in [1.54, 1.807) is 18.2 Å². The van der Waals surface area contributed by atoms with Crippen molar-refractivity contribution in [2.24, 2.45) is 11.8 Å². The van der Waals surface area contributed by atoms with Gasteiger partial charge in [-0.1, -0.05) is 44.2 Å². The van der Waals surface area contributed by atoms with Crippen LogP contribution in [0.3, 0.4) is 0 Å². The van der Waals surface area contributed by atoms with Crippen LogP contribution in [0.25, 0.3) is 0 Å². The Labute approximate surface area is 213 Å². The molecule has 2 aliphatic heterocycles. The molecule has 2 unspecified atom stereocenters. The van der Waals surface area contributed by atoms with Gasteiger partial charge in [0.2, 0.25) is 0 Å². The zero-order valence-electron chi connectivity index (χ0n) is 21.2. The molecule has 0 spiro atoms. The SMILES string of the molecule is Cc1ccc(NS(=O)(=O)c2ccc3c(c2)[C@H]2OCC[C@H]2C(c2ccc(C(O)C(C)C)cc2)N3)cc1C. The van der Waals surface area contributed by atoms with Gasteiger partial charge in [-0.15, -0.1) is 0 Å². The van der Waals surface area contributed by atoms with Crippen LogP contribution in [0.1, 0.15) is 66.3 Å². The van der Waals surface area contributed by atoms with Gasteiger partial charge < -0.3 is 15.2 Å². The first-order valence-corrected chi connectivity index (χ1v) is 14.0. The van der Waals surface area contributed by atoms with Gasteiger partial charge in [0.05, 0.1) is 23.1 Å². The minimum atomic E-state index is -3.75. The van der Waals surface area contributed by atoms with E-state index in [1.807, 2.05) is 58.0 Å². The summed E-state index contributed by atoms with van der Waals surface area (Å²) in [7, 11) is -3.75. The molecule has 4 atom stereocenters. The number of benzene rings is 3. The number of fused-ring (bicyclic) bond motifs is 3. The van der Waals surface area contributed by atoms with Crippen LogP contribution >= 0.6 is 0 Å². The van der Waals surface area contributed by atoms with E-state index in [0.29, 0.717) is 12.3 Å². The summed E-state index contributed by atoms with van der Waals surface area (Å²) in [5.41, 5.74) is 6.51. The highest BCUT2D eigenvalue weighted by atomic mass is 32.2. The molecular weight excluding hydrogens is 472 g/mol. The Morgan fingerprint density at radius 3 is 2.44 bits per heavy atom. The number of aliphatic hydroxyl groups is 1. The van der Waals surface area contributed by atoms with Crippen molar-refractivity contribution in [3.8, 4) is 0 Å². The van der Waals surface area contributed by atoms with Crippen molar-refractivity contribution >= 4 is 21.4 Å². The van der Waals surface area contributed by atoms with Crippen molar-refractivity contribution in [2.45, 2.75) is 57.3 Å². The van der Waals surface area contributed by atoms with E-state index in [2.05, 4.69) is 22.2 Å². The molecule has 190 valence electrons. The number of ether oxygens (including phenoxy) is 1. The summed E-state index contributed by atoms with van der Waals surface area (Å²) in [6.45, 7) is 8.61. The lowest BCUT2D eigenvalue weighted by Gasteiger charge is -2.37. The molecule has 5 rings (SSSR count). The maximum atomic E-state index is 13.2. The van der Waals surface area contributed by atoms with Crippen molar-refractivity contribution < 1.29 is 18.3 Å². The van der Waals surface area contributed by atoms with E-state index in [-0.39, 0.29) is 28.9 Å². The molecule has 1 saturated heterocycles. The third-order valence-corrected chi connectivity index (χ3v) is 8.92. The molecule has 36 heavy (non-hydrogen) atoms. The Hall–Kier alpha value is -2.87. The molecule has 6 nitrogen and oxygen atoms in total. The number of sulfonamides is 1. The summed E-state index contributed by atoms with van der Waals surface area (Å²) in [4.78, 5) is 0.223. The lowest BCUT2D eigenvalue weighted by molar-refractivity contribution is 0.0827. The summed E-state index contributed by atoms with van der Waals surface area (Å²) in [5.74, 6) is 0.335. The zero-order chi connectivity index (χ0) is 25.6. The molecule has 3 aromatic rings. The van der Waals surface area contributed by atoms with Gasteiger partial charge in [-0.25, -0.2) is 8.42 Å². The van der Waals surface area contributed by atoms with Crippen molar-refractivity contribution in [1.29, 1.82) is 0 Å². The van der Waals surface area contributed by atoms with Crippen LogP contribution in [0.4, 0.5) is 11.4 Å². The van der Waals surface area contributed by atoms with Crippen molar-refractivity contribution in [3.63, 3.8) is 0 Å². The Balaban J connectivity index is 1.42. The van der Waals surface area contributed by atoms with Crippen LogP contribution in [0.15, 0.2) is 65.6 Å². The number of hydrogen-bond acceptors (Lipinski definition) is 5. The fourth-order valence-electron chi connectivity index (χ4n) is 5.25. The monoisotopic (exact) mass is 506 g/mol. The number of aryl methyl sites for hydroxylation is 2. The van der Waals surface area contributed by atoms with Gasteiger partial charge in [0.1, 0.15) is 0 Å². The Bertz CT molecular complexity index is 1370. The molecule has 3 aromatic carbocycles. The van der Waals surface area contributed by atoms with Gasteiger partial charge in [0.25, 0.3) is 10.0 Å². The minimum Gasteiger partial charge on any atom is -0.388 e. The fourth-order valence-corrected chi connectivity index (χ4v) is 6.34. The van der Waals surface area contributed by atoms with E-state index in [9.17, 15) is 13.5 Å². The molecule has 1 fully saturated rings. The maximum absolute atomic E-state index is 13.2. The van der Waals surface area contributed by atoms with Crippen molar-refractivity contribution in [1.82, 2.24) is 0 Å². The van der Waals surface area contributed by atoms with E-state index >= 15 is 0 Å². The molecule has 0 aliphatic carbocycles. The highest BCUT2D eigenvalue weighted by molar-refractivity contribution is 7.92. The summed E-state index contributed by atoms with van der Waals surface area (Å²) in [6, 6.07) is 19.0. The first kappa shape index (κ1) is 24.8. The van der Waals surface area contributed by atoms with Crippen molar-refractivity contribution in [3.05, 3.63) is 88.5 Å². The molecule has 0 aromatic heterocycles. The highest BCUT2D eigenvalue weighted by Crippen LogP contribution is 2.50. The van der Waals surface area contributed by atoms with Gasteiger partial charge in [-0.3, -0.25) is 4.72 Å². The number of aliphatic hydroxyl groups excluding tert-OH is 1. The third kappa shape index (κ3) is 4.63. The number of rotatable bonds is 6. The van der Waals surface area contributed by atoms with Crippen LogP contribution in [-0.4, -0.2) is 20.1 Å². The second kappa shape index (κ2) is 9.54. The minimum absolute atomic E-state index is 0.0476. The molecule has 0 saturated carbocycles.